The lowest BCUT2D eigenvalue weighted by atomic mass is 9.95. The van der Waals surface area contributed by atoms with Crippen LogP contribution in [0.1, 0.15) is 67.7 Å². The van der Waals surface area contributed by atoms with E-state index >= 15 is 0 Å². The molecule has 0 radical (unpaired) electrons. The molecule has 10 heteroatoms. The van der Waals surface area contributed by atoms with Crippen molar-refractivity contribution in [2.75, 3.05) is 10.8 Å². The zero-order chi connectivity index (χ0) is 32.0. The minimum atomic E-state index is -4.15. The highest BCUT2D eigenvalue weighted by Gasteiger charge is 2.35. The lowest BCUT2D eigenvalue weighted by molar-refractivity contribution is -0.140. The molecule has 1 aliphatic rings. The standard InChI is InChI=1S/C34H41Cl2N3O4S/c1-5-32(34(41)37-28-9-7-6-8-10-28)38(21-26-14-15-27(35)20-31(26)36)33(40)22-39(29-16-13-24(3)25(4)19-29)44(42,43)30-17-11-23(2)12-18-30/h11-20,28,32H,5-10,21-22H2,1-4H3,(H,37,41)/t32-/m0/s1. The van der Waals surface area contributed by atoms with Crippen molar-refractivity contribution >= 4 is 50.7 Å². The largest absolute Gasteiger partial charge is 0.352 e. The second-order valence-corrected chi connectivity index (χ2v) is 14.3. The molecule has 0 heterocycles. The van der Waals surface area contributed by atoms with Gasteiger partial charge in [0, 0.05) is 22.6 Å². The van der Waals surface area contributed by atoms with Crippen LogP contribution in [0.2, 0.25) is 10.0 Å². The van der Waals surface area contributed by atoms with Gasteiger partial charge in [-0.2, -0.15) is 0 Å². The zero-order valence-corrected chi connectivity index (χ0v) is 28.1. The molecule has 236 valence electrons. The number of hydrogen-bond acceptors (Lipinski definition) is 4. The lowest BCUT2D eigenvalue weighted by Crippen LogP contribution is -2.54. The van der Waals surface area contributed by atoms with Crippen LogP contribution in [0.5, 0.6) is 0 Å². The molecule has 4 rings (SSSR count). The number of nitrogens with one attached hydrogen (secondary N) is 1. The zero-order valence-electron chi connectivity index (χ0n) is 25.8. The van der Waals surface area contributed by atoms with Crippen molar-refractivity contribution in [3.05, 3.63) is 93.0 Å². The topological polar surface area (TPSA) is 86.8 Å². The fraction of sp³-hybridized carbons (Fsp3) is 0.412. The van der Waals surface area contributed by atoms with E-state index in [2.05, 4.69) is 5.32 Å². The molecule has 1 aliphatic carbocycles. The van der Waals surface area contributed by atoms with Crippen LogP contribution in [0.3, 0.4) is 0 Å². The van der Waals surface area contributed by atoms with Gasteiger partial charge >= 0.3 is 0 Å². The van der Waals surface area contributed by atoms with Gasteiger partial charge in [-0.25, -0.2) is 8.42 Å². The third-order valence-corrected chi connectivity index (χ3v) is 10.7. The van der Waals surface area contributed by atoms with E-state index in [0.717, 1.165) is 53.1 Å². The Hall–Kier alpha value is -3.07. The van der Waals surface area contributed by atoms with Crippen molar-refractivity contribution in [3.8, 4) is 0 Å². The molecule has 1 saturated carbocycles. The van der Waals surface area contributed by atoms with Crippen molar-refractivity contribution in [3.63, 3.8) is 0 Å². The Labute approximate surface area is 271 Å². The van der Waals surface area contributed by atoms with Crippen LogP contribution in [-0.4, -0.2) is 43.8 Å². The van der Waals surface area contributed by atoms with Crippen LogP contribution in [0.15, 0.2) is 65.6 Å². The predicted octanol–water partition coefficient (Wildman–Crippen LogP) is 7.37. The summed E-state index contributed by atoms with van der Waals surface area (Å²) in [6.45, 7) is 7.07. The number of sulfonamides is 1. The van der Waals surface area contributed by atoms with Gasteiger partial charge in [-0.3, -0.25) is 13.9 Å². The van der Waals surface area contributed by atoms with Crippen molar-refractivity contribution < 1.29 is 18.0 Å². The third kappa shape index (κ3) is 8.14. The van der Waals surface area contributed by atoms with Crippen LogP contribution in [0.25, 0.3) is 0 Å². The summed E-state index contributed by atoms with van der Waals surface area (Å²) in [6, 6.07) is 16.1. The third-order valence-electron chi connectivity index (χ3n) is 8.36. The molecule has 0 saturated heterocycles. The van der Waals surface area contributed by atoms with E-state index in [1.54, 1.807) is 54.6 Å². The Bertz CT molecular complexity index is 1590. The number of benzene rings is 3. The summed E-state index contributed by atoms with van der Waals surface area (Å²) in [5, 5.41) is 3.96. The van der Waals surface area contributed by atoms with Crippen LogP contribution >= 0.6 is 23.2 Å². The smallest absolute Gasteiger partial charge is 0.264 e. The molecular formula is C34H41Cl2N3O4S. The van der Waals surface area contributed by atoms with Gasteiger partial charge in [0.05, 0.1) is 10.6 Å². The van der Waals surface area contributed by atoms with Gasteiger partial charge in [-0.15, -0.1) is 0 Å². The van der Waals surface area contributed by atoms with E-state index in [4.69, 9.17) is 23.2 Å². The van der Waals surface area contributed by atoms with Crippen molar-refractivity contribution in [1.29, 1.82) is 0 Å². The number of amides is 2. The Morgan fingerprint density at radius 1 is 0.909 bits per heavy atom. The first kappa shape index (κ1) is 33.8. The number of carbonyl (C=O) groups is 2. The summed E-state index contributed by atoms with van der Waals surface area (Å²) in [5.74, 6) is -0.771. The molecule has 1 fully saturated rings. The monoisotopic (exact) mass is 657 g/mol. The molecule has 1 N–H and O–H groups in total. The number of nitrogens with zero attached hydrogens (tertiary/aromatic N) is 2. The molecule has 3 aromatic rings. The first-order valence-electron chi connectivity index (χ1n) is 15.1. The number of rotatable bonds is 11. The van der Waals surface area contributed by atoms with Crippen LogP contribution in [0.4, 0.5) is 5.69 Å². The van der Waals surface area contributed by atoms with Crippen molar-refractivity contribution in [2.45, 2.75) is 89.7 Å². The molecule has 0 bridgehead atoms. The SMILES string of the molecule is CC[C@@H](C(=O)NC1CCCCC1)N(Cc1ccc(Cl)cc1Cl)C(=O)CN(c1ccc(C)c(C)c1)S(=O)(=O)c1ccc(C)cc1. The van der Waals surface area contributed by atoms with Crippen LogP contribution in [0, 0.1) is 20.8 Å². The van der Waals surface area contributed by atoms with Crippen LogP contribution < -0.4 is 9.62 Å². The number of anilines is 1. The van der Waals surface area contributed by atoms with E-state index in [1.807, 2.05) is 33.8 Å². The summed E-state index contributed by atoms with van der Waals surface area (Å²) in [4.78, 5) is 29.6. The predicted molar refractivity (Wildman–Crippen MR) is 178 cm³/mol. The highest BCUT2D eigenvalue weighted by atomic mass is 35.5. The summed E-state index contributed by atoms with van der Waals surface area (Å²) in [6.07, 6.45) is 5.37. The number of hydrogen-bond donors (Lipinski definition) is 1. The molecule has 3 aromatic carbocycles. The minimum absolute atomic E-state index is 0.0107. The highest BCUT2D eigenvalue weighted by molar-refractivity contribution is 7.92. The molecule has 0 unspecified atom stereocenters. The first-order valence-corrected chi connectivity index (χ1v) is 17.3. The average Bonchev–Trinajstić information content (AvgIpc) is 2.99. The summed E-state index contributed by atoms with van der Waals surface area (Å²) < 4.78 is 29.4. The van der Waals surface area contributed by atoms with Gasteiger partial charge < -0.3 is 10.2 Å². The van der Waals surface area contributed by atoms with E-state index in [-0.39, 0.29) is 23.4 Å². The Kier molecular flexibility index (Phi) is 11.4. The quantitative estimate of drug-likeness (QED) is 0.233. The normalized spacial score (nSPS) is 14.6. The Morgan fingerprint density at radius 2 is 1.59 bits per heavy atom. The van der Waals surface area contributed by atoms with E-state index in [9.17, 15) is 18.0 Å². The number of aryl methyl sites for hydroxylation is 3. The molecule has 44 heavy (non-hydrogen) atoms. The van der Waals surface area contributed by atoms with Crippen molar-refractivity contribution in [2.24, 2.45) is 0 Å². The molecule has 0 spiro atoms. The van der Waals surface area contributed by atoms with Crippen molar-refractivity contribution in [1.82, 2.24) is 10.2 Å². The fourth-order valence-corrected chi connectivity index (χ4v) is 7.42. The molecule has 0 aromatic heterocycles. The second kappa shape index (κ2) is 14.8. The maximum atomic E-state index is 14.4. The summed E-state index contributed by atoms with van der Waals surface area (Å²) in [5.41, 5.74) is 3.77. The molecule has 1 atom stereocenters. The van der Waals surface area contributed by atoms with Crippen LogP contribution in [-0.2, 0) is 26.2 Å². The van der Waals surface area contributed by atoms with Gasteiger partial charge in [0.2, 0.25) is 11.8 Å². The maximum Gasteiger partial charge on any atom is 0.264 e. The Morgan fingerprint density at radius 3 is 2.20 bits per heavy atom. The summed E-state index contributed by atoms with van der Waals surface area (Å²) >= 11 is 12.7. The Balaban J connectivity index is 1.74. The molecule has 2 amide bonds. The average molecular weight is 659 g/mol. The first-order chi connectivity index (χ1) is 20.9. The van der Waals surface area contributed by atoms with Gasteiger partial charge in [0.25, 0.3) is 10.0 Å². The van der Waals surface area contributed by atoms with E-state index in [0.29, 0.717) is 27.7 Å². The highest BCUT2D eigenvalue weighted by Crippen LogP contribution is 2.28. The fourth-order valence-electron chi connectivity index (χ4n) is 5.54. The molecule has 7 nitrogen and oxygen atoms in total. The maximum absolute atomic E-state index is 14.4. The van der Waals surface area contributed by atoms with Gasteiger partial charge in [0.15, 0.2) is 0 Å². The molecule has 0 aliphatic heterocycles. The lowest BCUT2D eigenvalue weighted by Gasteiger charge is -2.34. The number of halogens is 2. The second-order valence-electron chi connectivity index (χ2n) is 11.6. The van der Waals surface area contributed by atoms with E-state index in [1.165, 1.54) is 4.90 Å². The minimum Gasteiger partial charge on any atom is -0.352 e. The molecular weight excluding hydrogens is 617 g/mol. The van der Waals surface area contributed by atoms with Gasteiger partial charge in [0.1, 0.15) is 12.6 Å². The van der Waals surface area contributed by atoms with Gasteiger partial charge in [-0.05, 0) is 93.1 Å². The van der Waals surface area contributed by atoms with Gasteiger partial charge in [-0.1, -0.05) is 79.2 Å². The van der Waals surface area contributed by atoms with E-state index < -0.39 is 28.5 Å². The number of carbonyl (C=O) groups excluding carboxylic acids is 2. The summed E-state index contributed by atoms with van der Waals surface area (Å²) in [7, 11) is -4.15.